The van der Waals surface area contributed by atoms with Crippen molar-refractivity contribution in [1.29, 1.82) is 0 Å². The number of rotatable bonds is 4. The molecule has 3 aliphatic heterocycles. The van der Waals surface area contributed by atoms with Crippen LogP contribution < -0.4 is 5.32 Å². The van der Waals surface area contributed by atoms with Gasteiger partial charge in [-0.15, -0.1) is 0 Å². The van der Waals surface area contributed by atoms with Crippen molar-refractivity contribution in [3.63, 3.8) is 0 Å². The fraction of sp³-hybridized carbons (Fsp3) is 0.459. The van der Waals surface area contributed by atoms with Crippen LogP contribution in [0.5, 0.6) is 0 Å². The summed E-state index contributed by atoms with van der Waals surface area (Å²) in [4.78, 5) is 33.2. The predicted octanol–water partition coefficient (Wildman–Crippen LogP) is 5.89. The smallest absolute Gasteiger partial charge is 0.254 e. The molecule has 0 radical (unpaired) electrons. The molecule has 3 fully saturated rings. The lowest BCUT2D eigenvalue weighted by Crippen LogP contribution is -2.83. The van der Waals surface area contributed by atoms with E-state index in [-0.39, 0.29) is 11.8 Å². The summed E-state index contributed by atoms with van der Waals surface area (Å²) in [6, 6.07) is 27.4. The van der Waals surface area contributed by atoms with Crippen LogP contribution in [0.1, 0.15) is 77.9 Å². The molecule has 1 saturated carbocycles. The van der Waals surface area contributed by atoms with E-state index >= 15 is 0 Å². The minimum absolute atomic E-state index is 0.0486. The van der Waals surface area contributed by atoms with Crippen molar-refractivity contribution in [2.24, 2.45) is 11.8 Å². The number of hydrogen-bond acceptors (Lipinski definition) is 2. The number of halogens is 1. The van der Waals surface area contributed by atoms with Crippen LogP contribution in [0.25, 0.3) is 0 Å². The van der Waals surface area contributed by atoms with E-state index < -0.39 is 5.41 Å². The Morgan fingerprint density at radius 1 is 0.884 bits per heavy atom. The van der Waals surface area contributed by atoms with Gasteiger partial charge in [0.05, 0.1) is 18.5 Å². The highest BCUT2D eigenvalue weighted by molar-refractivity contribution is 9.10. The van der Waals surface area contributed by atoms with Crippen LogP contribution in [0.15, 0.2) is 83.3 Å². The number of amides is 2. The minimum atomic E-state index is -0.400. The van der Waals surface area contributed by atoms with E-state index in [1.165, 1.54) is 43.2 Å². The van der Waals surface area contributed by atoms with E-state index in [4.69, 9.17) is 0 Å². The van der Waals surface area contributed by atoms with E-state index in [0.717, 1.165) is 42.5 Å². The van der Waals surface area contributed by atoms with Crippen molar-refractivity contribution < 1.29 is 14.9 Å². The number of fused-ring (bicyclic) bond motifs is 2. The summed E-state index contributed by atoms with van der Waals surface area (Å²) in [6.07, 6.45) is 8.41. The van der Waals surface area contributed by atoms with Gasteiger partial charge in [-0.25, -0.2) is 0 Å². The van der Waals surface area contributed by atoms with Gasteiger partial charge in [-0.05, 0) is 78.5 Å². The number of carbonyl (C=O) groups is 2. The zero-order chi connectivity index (χ0) is 29.4. The Kier molecular flexibility index (Phi) is 8.17. The summed E-state index contributed by atoms with van der Waals surface area (Å²) < 4.78 is 1.01. The fourth-order valence-electron chi connectivity index (χ4n) is 8.92. The Balaban J connectivity index is 1.22. The molecule has 3 heterocycles. The van der Waals surface area contributed by atoms with E-state index in [1.807, 2.05) is 35.2 Å². The highest BCUT2D eigenvalue weighted by atomic mass is 79.9. The highest BCUT2D eigenvalue weighted by Gasteiger charge is 2.57. The third kappa shape index (κ3) is 5.46. The Morgan fingerprint density at radius 3 is 2.40 bits per heavy atom. The average Bonchev–Trinajstić information content (AvgIpc) is 3.48. The van der Waals surface area contributed by atoms with Crippen LogP contribution in [-0.2, 0) is 16.8 Å². The van der Waals surface area contributed by atoms with Gasteiger partial charge in [0.15, 0.2) is 0 Å². The molecule has 3 aromatic carbocycles. The first-order valence-corrected chi connectivity index (χ1v) is 17.1. The molecule has 2 amide bonds. The SMILES string of the molecule is O=C(c1ccccc1)N1Cc2cc(Br)ccc2[C@@]2(C[NH2+]C[C@H]2C(=O)N2CC[C@@H](c3ccccc3)C[C@H]2C2CCCCC2)C1. The molecular weight excluding hydrogens is 598 g/mol. The molecule has 2 N–H and O–H groups in total. The number of quaternary nitrogens is 1. The number of likely N-dealkylation sites (tertiary alicyclic amines) is 1. The molecule has 43 heavy (non-hydrogen) atoms. The van der Waals surface area contributed by atoms with Crippen LogP contribution >= 0.6 is 15.9 Å². The molecule has 224 valence electrons. The first kappa shape index (κ1) is 28.8. The van der Waals surface area contributed by atoms with Crippen molar-refractivity contribution in [3.05, 3.63) is 106 Å². The quantitative estimate of drug-likeness (QED) is 0.387. The third-order valence-electron chi connectivity index (χ3n) is 11.0. The van der Waals surface area contributed by atoms with Gasteiger partial charge in [0, 0.05) is 35.7 Å². The molecule has 5 nitrogen and oxygen atoms in total. The molecule has 1 aliphatic carbocycles. The van der Waals surface area contributed by atoms with Crippen LogP contribution in [0.2, 0.25) is 0 Å². The van der Waals surface area contributed by atoms with Gasteiger partial charge in [-0.2, -0.15) is 0 Å². The van der Waals surface area contributed by atoms with E-state index in [0.29, 0.717) is 42.4 Å². The van der Waals surface area contributed by atoms with Gasteiger partial charge in [-0.1, -0.05) is 89.8 Å². The lowest BCUT2D eigenvalue weighted by atomic mass is 9.67. The number of hydrogen-bond donors (Lipinski definition) is 1. The van der Waals surface area contributed by atoms with Gasteiger partial charge < -0.3 is 15.1 Å². The standard InChI is InChI=1S/C37H42BrN3O2/c38-31-16-17-32-30(20-31)23-40(35(42)28-14-8-3-9-15-28)25-37(32)24-39-22-33(37)36(43)41-19-18-29(26-10-4-1-5-11-26)21-34(41)27-12-6-2-7-13-27/h1,3-5,8-11,14-17,20,27,29,33-34,39H,2,6-7,12-13,18-19,21-25H2/p+1/t29-,33+,34+,37-/m1/s1. The molecule has 3 aromatic rings. The summed E-state index contributed by atoms with van der Waals surface area (Å²) in [7, 11) is 0. The second-order valence-electron chi connectivity index (χ2n) is 13.4. The number of nitrogens with two attached hydrogens (primary N) is 1. The first-order valence-electron chi connectivity index (χ1n) is 16.3. The highest BCUT2D eigenvalue weighted by Crippen LogP contribution is 2.45. The van der Waals surface area contributed by atoms with E-state index in [1.54, 1.807) is 0 Å². The maximum absolute atomic E-state index is 15.0. The minimum Gasteiger partial charge on any atom is -0.345 e. The number of benzene rings is 3. The first-order chi connectivity index (χ1) is 21.0. The summed E-state index contributed by atoms with van der Waals surface area (Å²) in [6.45, 7) is 3.57. The second kappa shape index (κ2) is 12.2. The number of nitrogens with zero attached hydrogens (tertiary/aromatic N) is 2. The molecular formula is C37H43BrN3O2+. The van der Waals surface area contributed by atoms with Crippen LogP contribution in [0.4, 0.5) is 0 Å². The summed E-state index contributed by atoms with van der Waals surface area (Å²) >= 11 is 3.69. The largest absolute Gasteiger partial charge is 0.345 e. The molecule has 2 saturated heterocycles. The van der Waals surface area contributed by atoms with Crippen molar-refractivity contribution in [3.8, 4) is 0 Å². The lowest BCUT2D eigenvalue weighted by molar-refractivity contribution is -0.640. The van der Waals surface area contributed by atoms with Crippen molar-refractivity contribution >= 4 is 27.7 Å². The number of carbonyl (C=O) groups excluding carboxylic acids is 2. The summed E-state index contributed by atoms with van der Waals surface area (Å²) in [5.74, 6) is 1.30. The van der Waals surface area contributed by atoms with Gasteiger partial charge in [-0.3, -0.25) is 9.59 Å². The van der Waals surface area contributed by atoms with Gasteiger partial charge in [0.1, 0.15) is 5.92 Å². The topological polar surface area (TPSA) is 57.2 Å². The zero-order valence-corrected chi connectivity index (χ0v) is 26.6. The molecule has 1 spiro atoms. The molecule has 7 rings (SSSR count). The monoisotopic (exact) mass is 640 g/mol. The Labute approximate surface area is 264 Å². The normalized spacial score (nSPS) is 27.7. The zero-order valence-electron chi connectivity index (χ0n) is 25.0. The van der Waals surface area contributed by atoms with E-state index in [2.05, 4.69) is 74.7 Å². The maximum Gasteiger partial charge on any atom is 0.254 e. The van der Waals surface area contributed by atoms with Gasteiger partial charge in [0.25, 0.3) is 5.91 Å². The average molecular weight is 642 g/mol. The summed E-state index contributed by atoms with van der Waals surface area (Å²) in [5, 5.41) is 2.33. The lowest BCUT2D eigenvalue weighted by Gasteiger charge is -2.48. The fourth-order valence-corrected chi connectivity index (χ4v) is 9.33. The molecule has 4 aliphatic rings. The van der Waals surface area contributed by atoms with Crippen LogP contribution in [0, 0.1) is 11.8 Å². The van der Waals surface area contributed by atoms with Crippen LogP contribution in [-0.4, -0.2) is 53.8 Å². The predicted molar refractivity (Wildman–Crippen MR) is 173 cm³/mol. The van der Waals surface area contributed by atoms with Crippen molar-refractivity contribution in [1.82, 2.24) is 9.80 Å². The Hall–Kier alpha value is -2.96. The maximum atomic E-state index is 15.0. The second-order valence-corrected chi connectivity index (χ2v) is 14.3. The van der Waals surface area contributed by atoms with Crippen LogP contribution in [0.3, 0.4) is 0 Å². The molecule has 0 aromatic heterocycles. The third-order valence-corrected chi connectivity index (χ3v) is 11.5. The molecule has 4 atom stereocenters. The Morgan fingerprint density at radius 2 is 1.63 bits per heavy atom. The number of piperidine rings is 1. The molecule has 0 bridgehead atoms. The van der Waals surface area contributed by atoms with Crippen molar-refractivity contribution in [2.75, 3.05) is 26.2 Å². The van der Waals surface area contributed by atoms with Gasteiger partial charge in [0.2, 0.25) is 5.91 Å². The van der Waals surface area contributed by atoms with E-state index in [9.17, 15) is 9.59 Å². The van der Waals surface area contributed by atoms with Gasteiger partial charge >= 0.3 is 0 Å². The molecule has 6 heteroatoms. The molecule has 0 unspecified atom stereocenters. The van der Waals surface area contributed by atoms with Crippen molar-refractivity contribution in [2.45, 2.75) is 68.9 Å². The Bertz CT molecular complexity index is 1460. The summed E-state index contributed by atoms with van der Waals surface area (Å²) in [5.41, 5.74) is 4.14.